The van der Waals surface area contributed by atoms with Gasteiger partial charge in [-0.1, -0.05) is 31.4 Å². The van der Waals surface area contributed by atoms with E-state index in [1.54, 1.807) is 24.3 Å². The molecular formula is C20H29NO8. The van der Waals surface area contributed by atoms with Crippen molar-refractivity contribution < 1.29 is 39.8 Å². The minimum absolute atomic E-state index is 0.221. The standard InChI is InChI=1S/C20H29NO8/c21-10-13(20(27)8-2-1-3-9-20)11-4-6-12(7-5-11)28-19-16(24)14(22)15(23)17(29-19)18(25)26/h4-7,13-17,19,22-24,27H,1-3,8-10,21H2,(H,25,26)/t13?,14-,15-,16+,17-,19+/m0/s1. The van der Waals surface area contributed by atoms with Crippen molar-refractivity contribution in [3.05, 3.63) is 29.8 Å². The number of benzene rings is 1. The molecule has 1 heterocycles. The number of carboxylic acids is 1. The number of nitrogens with two attached hydrogens (primary N) is 1. The van der Waals surface area contributed by atoms with E-state index >= 15 is 0 Å². The predicted molar refractivity (Wildman–Crippen MR) is 101 cm³/mol. The van der Waals surface area contributed by atoms with Crippen molar-refractivity contribution in [1.29, 1.82) is 0 Å². The zero-order chi connectivity index (χ0) is 21.2. The molecule has 0 bridgehead atoms. The maximum atomic E-state index is 11.2. The van der Waals surface area contributed by atoms with Gasteiger partial charge >= 0.3 is 5.97 Å². The van der Waals surface area contributed by atoms with E-state index in [9.17, 15) is 25.2 Å². The molecule has 1 aliphatic carbocycles. The molecule has 0 aromatic heterocycles. The first kappa shape index (κ1) is 21.9. The molecule has 9 heteroatoms. The number of ether oxygens (including phenoxy) is 2. The highest BCUT2D eigenvalue weighted by molar-refractivity contribution is 5.73. The van der Waals surface area contributed by atoms with Crippen LogP contribution in [0.4, 0.5) is 0 Å². The second-order valence-electron chi connectivity index (χ2n) is 7.87. The molecule has 0 amide bonds. The van der Waals surface area contributed by atoms with Gasteiger partial charge in [0.25, 0.3) is 0 Å². The van der Waals surface area contributed by atoms with Gasteiger partial charge in [-0.3, -0.25) is 0 Å². The van der Waals surface area contributed by atoms with Gasteiger partial charge < -0.3 is 40.7 Å². The van der Waals surface area contributed by atoms with Gasteiger partial charge in [0.1, 0.15) is 24.1 Å². The largest absolute Gasteiger partial charge is 0.479 e. The van der Waals surface area contributed by atoms with Gasteiger partial charge in [-0.15, -0.1) is 0 Å². The number of carboxylic acid groups (broad SMARTS) is 1. The van der Waals surface area contributed by atoms with Crippen LogP contribution in [0.15, 0.2) is 24.3 Å². The average molecular weight is 411 g/mol. The molecular weight excluding hydrogens is 382 g/mol. The van der Waals surface area contributed by atoms with E-state index in [0.29, 0.717) is 19.4 Å². The normalized spacial score (nSPS) is 33.1. The van der Waals surface area contributed by atoms with E-state index in [1.807, 2.05) is 0 Å². The highest BCUT2D eigenvalue weighted by Gasteiger charge is 2.48. The Morgan fingerprint density at radius 1 is 1.10 bits per heavy atom. The molecule has 9 nitrogen and oxygen atoms in total. The summed E-state index contributed by atoms with van der Waals surface area (Å²) in [6.45, 7) is 0.297. The number of rotatable bonds is 6. The summed E-state index contributed by atoms with van der Waals surface area (Å²) in [5.74, 6) is -1.42. The average Bonchev–Trinajstić information content (AvgIpc) is 2.70. The molecule has 1 aromatic rings. The van der Waals surface area contributed by atoms with Crippen LogP contribution in [-0.2, 0) is 9.53 Å². The van der Waals surface area contributed by atoms with Crippen LogP contribution in [0, 0.1) is 0 Å². The topological polar surface area (TPSA) is 163 Å². The Morgan fingerprint density at radius 2 is 1.72 bits per heavy atom. The minimum Gasteiger partial charge on any atom is -0.479 e. The van der Waals surface area contributed by atoms with Gasteiger partial charge in [-0.05, 0) is 30.5 Å². The monoisotopic (exact) mass is 411 g/mol. The first-order valence-corrected chi connectivity index (χ1v) is 9.88. The van der Waals surface area contributed by atoms with Gasteiger partial charge in [0.15, 0.2) is 6.10 Å². The summed E-state index contributed by atoms with van der Waals surface area (Å²) < 4.78 is 10.6. The van der Waals surface area contributed by atoms with Crippen molar-refractivity contribution in [2.45, 2.75) is 74.3 Å². The molecule has 1 unspecified atom stereocenters. The first-order valence-electron chi connectivity index (χ1n) is 9.88. The fourth-order valence-electron chi connectivity index (χ4n) is 4.24. The Labute approximate surface area is 168 Å². The number of aliphatic hydroxyl groups excluding tert-OH is 3. The Kier molecular flexibility index (Phi) is 6.77. The maximum Gasteiger partial charge on any atom is 0.335 e. The maximum absolute atomic E-state index is 11.2. The zero-order valence-corrected chi connectivity index (χ0v) is 16.1. The third kappa shape index (κ3) is 4.55. The summed E-state index contributed by atoms with van der Waals surface area (Å²) >= 11 is 0. The molecule has 2 aliphatic rings. The highest BCUT2D eigenvalue weighted by atomic mass is 16.7. The van der Waals surface area contributed by atoms with Crippen LogP contribution < -0.4 is 10.5 Å². The van der Waals surface area contributed by atoms with Crippen LogP contribution in [0.2, 0.25) is 0 Å². The molecule has 29 heavy (non-hydrogen) atoms. The SMILES string of the molecule is NCC(c1ccc(O[C@@H]2O[C@H](C(=O)O)[C@@H](O)[C@H](O)[C@H]2O)cc1)C1(O)CCCCC1. The number of carbonyl (C=O) groups is 1. The van der Waals surface area contributed by atoms with Crippen LogP contribution in [0.1, 0.15) is 43.6 Å². The Bertz CT molecular complexity index is 690. The lowest BCUT2D eigenvalue weighted by Gasteiger charge is -2.39. The molecule has 1 saturated heterocycles. The number of hydrogen-bond donors (Lipinski definition) is 6. The van der Waals surface area contributed by atoms with Gasteiger partial charge in [-0.25, -0.2) is 4.79 Å². The Balaban J connectivity index is 1.72. The van der Waals surface area contributed by atoms with Gasteiger partial charge in [0.2, 0.25) is 6.29 Å². The van der Waals surface area contributed by atoms with Crippen molar-refractivity contribution in [1.82, 2.24) is 0 Å². The molecule has 2 fully saturated rings. The number of hydrogen-bond acceptors (Lipinski definition) is 8. The second-order valence-corrected chi connectivity index (χ2v) is 7.87. The molecule has 1 aliphatic heterocycles. The van der Waals surface area contributed by atoms with E-state index in [0.717, 1.165) is 24.8 Å². The van der Waals surface area contributed by atoms with E-state index in [1.165, 1.54) is 0 Å². The highest BCUT2D eigenvalue weighted by Crippen LogP contribution is 2.39. The summed E-state index contributed by atoms with van der Waals surface area (Å²) in [6, 6.07) is 6.73. The second kappa shape index (κ2) is 8.95. The molecule has 1 saturated carbocycles. The van der Waals surface area contributed by atoms with Crippen molar-refractivity contribution in [3.63, 3.8) is 0 Å². The molecule has 0 spiro atoms. The van der Waals surface area contributed by atoms with Crippen LogP contribution in [-0.4, -0.2) is 74.4 Å². The van der Waals surface area contributed by atoms with Gasteiger partial charge in [-0.2, -0.15) is 0 Å². The predicted octanol–water partition coefficient (Wildman–Crippen LogP) is -0.305. The van der Waals surface area contributed by atoms with Crippen molar-refractivity contribution in [2.24, 2.45) is 5.73 Å². The van der Waals surface area contributed by atoms with E-state index in [4.69, 9.17) is 20.3 Å². The fraction of sp³-hybridized carbons (Fsp3) is 0.650. The molecule has 6 atom stereocenters. The fourth-order valence-corrected chi connectivity index (χ4v) is 4.24. The summed E-state index contributed by atoms with van der Waals surface area (Å²) in [6.07, 6.45) is -3.88. The lowest BCUT2D eigenvalue weighted by atomic mass is 9.73. The zero-order valence-electron chi connectivity index (χ0n) is 16.1. The van der Waals surface area contributed by atoms with Crippen LogP contribution in [0.5, 0.6) is 5.75 Å². The quantitative estimate of drug-likeness (QED) is 0.369. The summed E-state index contributed by atoms with van der Waals surface area (Å²) in [5.41, 5.74) is 5.96. The Hall–Kier alpha value is -1.75. The first-order chi connectivity index (χ1) is 13.8. The van der Waals surface area contributed by atoms with E-state index in [-0.39, 0.29) is 11.7 Å². The smallest absolute Gasteiger partial charge is 0.335 e. The van der Waals surface area contributed by atoms with E-state index in [2.05, 4.69) is 0 Å². The summed E-state index contributed by atoms with van der Waals surface area (Å²) in [5, 5.41) is 49.8. The van der Waals surface area contributed by atoms with Crippen LogP contribution in [0.3, 0.4) is 0 Å². The molecule has 162 valence electrons. The van der Waals surface area contributed by atoms with E-state index < -0.39 is 42.3 Å². The van der Waals surface area contributed by atoms with Crippen LogP contribution in [0.25, 0.3) is 0 Å². The Morgan fingerprint density at radius 3 is 2.28 bits per heavy atom. The number of aliphatic hydroxyl groups is 4. The molecule has 0 radical (unpaired) electrons. The van der Waals surface area contributed by atoms with Gasteiger partial charge in [0.05, 0.1) is 5.60 Å². The van der Waals surface area contributed by atoms with Crippen molar-refractivity contribution >= 4 is 5.97 Å². The third-order valence-corrected chi connectivity index (χ3v) is 5.95. The lowest BCUT2D eigenvalue weighted by Crippen LogP contribution is -2.61. The summed E-state index contributed by atoms with van der Waals surface area (Å²) in [4.78, 5) is 11.2. The van der Waals surface area contributed by atoms with Crippen molar-refractivity contribution in [2.75, 3.05) is 6.54 Å². The van der Waals surface area contributed by atoms with Crippen molar-refractivity contribution in [3.8, 4) is 5.75 Å². The molecule has 7 N–H and O–H groups in total. The molecule has 3 rings (SSSR count). The van der Waals surface area contributed by atoms with Crippen LogP contribution >= 0.6 is 0 Å². The third-order valence-electron chi connectivity index (χ3n) is 5.95. The number of aliphatic carboxylic acids is 1. The molecule has 1 aromatic carbocycles. The lowest BCUT2D eigenvalue weighted by molar-refractivity contribution is -0.271. The minimum atomic E-state index is -1.77. The van der Waals surface area contributed by atoms with Gasteiger partial charge in [0, 0.05) is 12.5 Å². The summed E-state index contributed by atoms with van der Waals surface area (Å²) in [7, 11) is 0.